The van der Waals surface area contributed by atoms with Crippen LogP contribution < -0.4 is 0 Å². The molecule has 2 saturated carbocycles. The summed E-state index contributed by atoms with van der Waals surface area (Å²) in [7, 11) is 0. The van der Waals surface area contributed by atoms with Crippen LogP contribution in [0.15, 0.2) is 0 Å². The molecular weight excluding hydrogens is 222 g/mol. The lowest BCUT2D eigenvalue weighted by Gasteiger charge is -2.22. The second kappa shape index (κ2) is 5.49. The van der Waals surface area contributed by atoms with Crippen LogP contribution in [0.1, 0.15) is 25.7 Å². The Morgan fingerprint density at radius 3 is 2.00 bits per heavy atom. The Kier molecular flexibility index (Phi) is 3.99. The van der Waals surface area contributed by atoms with Crippen LogP contribution in [-0.4, -0.2) is 48.2 Å². The van der Waals surface area contributed by atoms with E-state index < -0.39 is 12.6 Å². The average molecular weight is 241 g/mol. The van der Waals surface area contributed by atoms with Crippen LogP contribution in [0.2, 0.25) is 0 Å². The third-order valence-corrected chi connectivity index (χ3v) is 3.15. The van der Waals surface area contributed by atoms with Crippen molar-refractivity contribution in [3.05, 3.63) is 0 Å². The van der Waals surface area contributed by atoms with Gasteiger partial charge >= 0.3 is 5.97 Å². The molecule has 0 bridgehead atoms. The largest absolute Gasteiger partial charge is 0.480 e. The van der Waals surface area contributed by atoms with Gasteiger partial charge < -0.3 is 14.7 Å². The van der Waals surface area contributed by atoms with E-state index >= 15 is 0 Å². The quantitative estimate of drug-likeness (QED) is 0.680. The summed E-state index contributed by atoms with van der Waals surface area (Å²) in [4.78, 5) is 24.0. The zero-order valence-electron chi connectivity index (χ0n) is 9.93. The Bertz CT molecular complexity index is 283. The smallest absolute Gasteiger partial charge is 0.329 e. The molecule has 0 radical (unpaired) electrons. The van der Waals surface area contributed by atoms with Crippen molar-refractivity contribution >= 4 is 11.9 Å². The molecule has 0 spiro atoms. The number of carbonyl (C=O) groups is 2. The average Bonchev–Trinajstić information content (AvgIpc) is 3.10. The summed E-state index contributed by atoms with van der Waals surface area (Å²) in [5.74, 6) is 0.230. The fourth-order valence-electron chi connectivity index (χ4n) is 1.82. The predicted molar refractivity (Wildman–Crippen MR) is 60.5 cm³/mol. The van der Waals surface area contributed by atoms with E-state index in [1.54, 1.807) is 0 Å². The van der Waals surface area contributed by atoms with Crippen molar-refractivity contribution in [1.82, 2.24) is 4.90 Å². The van der Waals surface area contributed by atoms with Crippen molar-refractivity contribution in [1.29, 1.82) is 0 Å². The van der Waals surface area contributed by atoms with Gasteiger partial charge in [0.15, 0.2) is 0 Å². The van der Waals surface area contributed by atoms with E-state index in [1.807, 2.05) is 4.90 Å². The molecule has 1 amide bonds. The number of carboxylic acids is 1. The van der Waals surface area contributed by atoms with Crippen LogP contribution >= 0.6 is 0 Å². The van der Waals surface area contributed by atoms with Crippen molar-refractivity contribution in [2.45, 2.75) is 25.7 Å². The normalized spacial score (nSPS) is 19.1. The molecular formula is C12H19NO4. The lowest BCUT2D eigenvalue weighted by atomic mass is 10.3. The molecule has 2 aliphatic carbocycles. The van der Waals surface area contributed by atoms with E-state index in [1.165, 1.54) is 25.7 Å². The van der Waals surface area contributed by atoms with Crippen LogP contribution in [0.5, 0.6) is 0 Å². The Morgan fingerprint density at radius 1 is 1.06 bits per heavy atom. The summed E-state index contributed by atoms with van der Waals surface area (Å²) >= 11 is 0. The highest BCUT2D eigenvalue weighted by atomic mass is 16.5. The number of carboxylic acid groups (broad SMARTS) is 1. The maximum atomic E-state index is 11.9. The minimum absolute atomic E-state index is 0.0648. The first-order valence-electron chi connectivity index (χ1n) is 6.22. The van der Waals surface area contributed by atoms with Crippen LogP contribution in [0.3, 0.4) is 0 Å². The van der Waals surface area contributed by atoms with Crippen molar-refractivity contribution in [3.63, 3.8) is 0 Å². The highest BCUT2D eigenvalue weighted by Crippen LogP contribution is 2.33. The molecule has 0 aromatic heterocycles. The molecule has 0 unspecified atom stereocenters. The van der Waals surface area contributed by atoms with Crippen LogP contribution in [0.4, 0.5) is 0 Å². The molecule has 0 heterocycles. The first kappa shape index (κ1) is 12.4. The number of rotatable bonds is 8. The van der Waals surface area contributed by atoms with Crippen LogP contribution in [0.25, 0.3) is 0 Å². The first-order valence-corrected chi connectivity index (χ1v) is 6.22. The highest BCUT2D eigenvalue weighted by molar-refractivity contribution is 5.78. The van der Waals surface area contributed by atoms with Gasteiger partial charge in [0.2, 0.25) is 5.91 Å². The molecule has 17 heavy (non-hydrogen) atoms. The van der Waals surface area contributed by atoms with E-state index in [0.717, 1.165) is 13.1 Å². The fourth-order valence-corrected chi connectivity index (χ4v) is 1.82. The van der Waals surface area contributed by atoms with Crippen LogP contribution in [0, 0.1) is 11.8 Å². The predicted octanol–water partition coefficient (Wildman–Crippen LogP) is 0.736. The number of hydrogen-bond acceptors (Lipinski definition) is 3. The van der Waals surface area contributed by atoms with E-state index in [4.69, 9.17) is 9.84 Å². The second-order valence-electron chi connectivity index (χ2n) is 5.07. The molecule has 2 fully saturated rings. The number of hydrogen-bond donors (Lipinski definition) is 1. The van der Waals surface area contributed by atoms with E-state index in [2.05, 4.69) is 0 Å². The standard InChI is InChI=1S/C12H19NO4/c14-11(7-17-8-12(15)16)13(5-9-1-2-9)6-10-3-4-10/h9-10H,1-8H2,(H,15,16). The molecule has 0 aromatic carbocycles. The molecule has 1 N–H and O–H groups in total. The number of aliphatic carboxylic acids is 1. The van der Waals surface area contributed by atoms with Crippen molar-refractivity contribution in [2.75, 3.05) is 26.3 Å². The van der Waals surface area contributed by atoms with Gasteiger partial charge in [0, 0.05) is 13.1 Å². The van der Waals surface area contributed by atoms with Gasteiger partial charge in [-0.2, -0.15) is 0 Å². The number of ether oxygens (including phenoxy) is 1. The van der Waals surface area contributed by atoms with Gasteiger partial charge in [-0.3, -0.25) is 4.79 Å². The zero-order valence-corrected chi connectivity index (χ0v) is 9.93. The first-order chi connectivity index (χ1) is 8.15. The molecule has 0 aliphatic heterocycles. The number of carbonyl (C=O) groups excluding carboxylic acids is 1. The van der Waals surface area contributed by atoms with Gasteiger partial charge in [0.05, 0.1) is 0 Å². The minimum Gasteiger partial charge on any atom is -0.480 e. The number of nitrogens with zero attached hydrogens (tertiary/aromatic N) is 1. The van der Waals surface area contributed by atoms with Gasteiger partial charge in [-0.25, -0.2) is 4.79 Å². The SMILES string of the molecule is O=C(O)COCC(=O)N(CC1CC1)CC1CC1. The Labute approximate surface area is 101 Å². The van der Waals surface area contributed by atoms with Crippen molar-refractivity contribution < 1.29 is 19.4 Å². The van der Waals surface area contributed by atoms with Gasteiger partial charge in [-0.1, -0.05) is 0 Å². The summed E-state index contributed by atoms with van der Waals surface area (Å²) in [6, 6.07) is 0. The molecule has 96 valence electrons. The topological polar surface area (TPSA) is 66.8 Å². The van der Waals surface area contributed by atoms with Crippen molar-refractivity contribution in [3.8, 4) is 0 Å². The molecule has 0 saturated heterocycles. The van der Waals surface area contributed by atoms with E-state index in [-0.39, 0.29) is 12.5 Å². The summed E-state index contributed by atoms with van der Waals surface area (Å²) in [5, 5.41) is 8.43. The zero-order chi connectivity index (χ0) is 12.3. The summed E-state index contributed by atoms with van der Waals surface area (Å²) in [6.07, 6.45) is 4.85. The third-order valence-electron chi connectivity index (χ3n) is 3.15. The van der Waals surface area contributed by atoms with Gasteiger partial charge in [-0.15, -0.1) is 0 Å². The van der Waals surface area contributed by atoms with Gasteiger partial charge in [0.25, 0.3) is 0 Å². The van der Waals surface area contributed by atoms with Crippen LogP contribution in [-0.2, 0) is 14.3 Å². The highest BCUT2D eigenvalue weighted by Gasteiger charge is 2.31. The fraction of sp³-hybridized carbons (Fsp3) is 0.833. The molecule has 2 aliphatic rings. The Morgan fingerprint density at radius 2 is 1.59 bits per heavy atom. The van der Waals surface area contributed by atoms with Gasteiger partial charge in [0.1, 0.15) is 13.2 Å². The molecule has 2 rings (SSSR count). The molecule has 0 atom stereocenters. The summed E-state index contributed by atoms with van der Waals surface area (Å²) < 4.78 is 4.85. The minimum atomic E-state index is -1.03. The lowest BCUT2D eigenvalue weighted by Crippen LogP contribution is -2.37. The lowest BCUT2D eigenvalue weighted by molar-refractivity contribution is -0.146. The maximum absolute atomic E-state index is 11.9. The molecule has 5 heteroatoms. The van der Waals surface area contributed by atoms with Gasteiger partial charge in [-0.05, 0) is 37.5 Å². The summed E-state index contributed by atoms with van der Waals surface area (Å²) in [6.45, 7) is 1.15. The number of amides is 1. The third kappa shape index (κ3) is 4.73. The molecule has 0 aromatic rings. The van der Waals surface area contributed by atoms with E-state index in [0.29, 0.717) is 11.8 Å². The Balaban J connectivity index is 1.71. The van der Waals surface area contributed by atoms with E-state index in [9.17, 15) is 9.59 Å². The Hall–Kier alpha value is -1.10. The summed E-state index contributed by atoms with van der Waals surface area (Å²) in [5.41, 5.74) is 0. The van der Waals surface area contributed by atoms with Crippen molar-refractivity contribution in [2.24, 2.45) is 11.8 Å². The maximum Gasteiger partial charge on any atom is 0.329 e. The monoisotopic (exact) mass is 241 g/mol. The molecule has 5 nitrogen and oxygen atoms in total. The second-order valence-corrected chi connectivity index (χ2v) is 5.07.